The summed E-state index contributed by atoms with van der Waals surface area (Å²) >= 11 is 6.47. The first-order valence-corrected chi connectivity index (χ1v) is 17.5. The van der Waals surface area contributed by atoms with Crippen LogP contribution in [0.25, 0.3) is 0 Å². The molecule has 0 bridgehead atoms. The Morgan fingerprint density at radius 1 is 0.826 bits per heavy atom. The predicted molar refractivity (Wildman–Crippen MR) is 183 cm³/mol. The van der Waals surface area contributed by atoms with Gasteiger partial charge in [0.25, 0.3) is 10.0 Å². The maximum atomic E-state index is 14.7. The fourth-order valence-electron chi connectivity index (χ4n) is 5.91. The topological polar surface area (TPSA) is 86.8 Å². The number of hydrogen-bond acceptors (Lipinski definition) is 4. The molecule has 0 aliphatic heterocycles. The third kappa shape index (κ3) is 7.98. The van der Waals surface area contributed by atoms with Gasteiger partial charge in [-0.05, 0) is 67.6 Å². The molecule has 0 heterocycles. The third-order valence-corrected chi connectivity index (χ3v) is 10.7. The van der Waals surface area contributed by atoms with Gasteiger partial charge < -0.3 is 10.2 Å². The fourth-order valence-corrected chi connectivity index (χ4v) is 7.57. The summed E-state index contributed by atoms with van der Waals surface area (Å²) in [5.74, 6) is -0.741. The van der Waals surface area contributed by atoms with E-state index in [1.54, 1.807) is 43.3 Å². The van der Waals surface area contributed by atoms with Crippen LogP contribution in [0, 0.1) is 13.8 Å². The summed E-state index contributed by atoms with van der Waals surface area (Å²) < 4.78 is 29.5. The number of anilines is 1. The van der Waals surface area contributed by atoms with Gasteiger partial charge in [0.2, 0.25) is 11.8 Å². The summed E-state index contributed by atoms with van der Waals surface area (Å²) in [5.41, 5.74) is 3.63. The maximum absolute atomic E-state index is 14.7. The van der Waals surface area contributed by atoms with Crippen molar-refractivity contribution < 1.29 is 18.0 Å². The second-order valence-electron chi connectivity index (χ2n) is 11.9. The average Bonchev–Trinajstić information content (AvgIpc) is 3.57. The molecule has 0 aromatic heterocycles. The summed E-state index contributed by atoms with van der Waals surface area (Å²) in [6, 6.07) is 29.6. The minimum atomic E-state index is -4.20. The second-order valence-corrected chi connectivity index (χ2v) is 14.2. The van der Waals surface area contributed by atoms with Crippen molar-refractivity contribution in [2.24, 2.45) is 0 Å². The standard InChI is InChI=1S/C37H40ClN3O4S/c1-27-20-22-30(23-21-27)25-40(35(24-29-12-5-3-6-13-29)37(43)39-31-14-9-10-15-31)36(42)26-41(34-19-11-18-33(38)28(34)2)46(44,45)32-16-7-4-8-17-32/h3-8,11-13,16-23,31,35H,9-10,14-15,24-26H2,1-2H3,(H,39,43). The third-order valence-electron chi connectivity index (χ3n) is 8.56. The lowest BCUT2D eigenvalue weighted by Gasteiger charge is -2.34. The van der Waals surface area contributed by atoms with E-state index in [9.17, 15) is 18.0 Å². The van der Waals surface area contributed by atoms with Crippen molar-refractivity contribution in [2.45, 2.75) is 69.5 Å². The molecule has 1 aliphatic rings. The van der Waals surface area contributed by atoms with Gasteiger partial charge in [-0.2, -0.15) is 0 Å². The monoisotopic (exact) mass is 657 g/mol. The van der Waals surface area contributed by atoms with E-state index in [-0.39, 0.29) is 29.8 Å². The maximum Gasteiger partial charge on any atom is 0.264 e. The van der Waals surface area contributed by atoms with Crippen LogP contribution >= 0.6 is 11.6 Å². The van der Waals surface area contributed by atoms with Crippen LogP contribution in [-0.2, 0) is 32.6 Å². The van der Waals surface area contributed by atoms with Crippen LogP contribution in [0.3, 0.4) is 0 Å². The molecule has 5 rings (SSSR count). The Morgan fingerprint density at radius 3 is 2.11 bits per heavy atom. The molecule has 1 saturated carbocycles. The smallest absolute Gasteiger partial charge is 0.264 e. The normalized spacial score (nSPS) is 14.1. The van der Waals surface area contributed by atoms with E-state index in [2.05, 4.69) is 5.32 Å². The van der Waals surface area contributed by atoms with Crippen LogP contribution in [0.2, 0.25) is 5.02 Å². The van der Waals surface area contributed by atoms with Crippen LogP contribution in [0.1, 0.15) is 47.9 Å². The number of hydrogen-bond donors (Lipinski definition) is 1. The Hall–Kier alpha value is -4.14. The van der Waals surface area contributed by atoms with Crippen LogP contribution in [-0.4, -0.2) is 43.8 Å². The van der Waals surface area contributed by atoms with Gasteiger partial charge in [-0.3, -0.25) is 13.9 Å². The summed E-state index contributed by atoms with van der Waals surface area (Å²) in [6.07, 6.45) is 4.16. The number of benzene rings is 4. The molecule has 0 saturated heterocycles. The largest absolute Gasteiger partial charge is 0.352 e. The highest BCUT2D eigenvalue weighted by Gasteiger charge is 2.36. The zero-order valence-corrected chi connectivity index (χ0v) is 27.8. The lowest BCUT2D eigenvalue weighted by Crippen LogP contribution is -2.54. The van der Waals surface area contributed by atoms with Gasteiger partial charge in [0.1, 0.15) is 12.6 Å². The van der Waals surface area contributed by atoms with Gasteiger partial charge >= 0.3 is 0 Å². The van der Waals surface area contributed by atoms with Gasteiger partial charge in [-0.1, -0.05) is 109 Å². The molecule has 9 heteroatoms. The van der Waals surface area contributed by atoms with Gasteiger partial charge in [0.05, 0.1) is 10.6 Å². The summed E-state index contributed by atoms with van der Waals surface area (Å²) in [6.45, 7) is 3.32. The highest BCUT2D eigenvalue weighted by Crippen LogP contribution is 2.31. The van der Waals surface area contributed by atoms with E-state index < -0.39 is 28.5 Å². The predicted octanol–water partition coefficient (Wildman–Crippen LogP) is 6.85. The highest BCUT2D eigenvalue weighted by molar-refractivity contribution is 7.92. The number of sulfonamides is 1. The molecule has 4 aromatic rings. The van der Waals surface area contributed by atoms with E-state index in [1.165, 1.54) is 17.0 Å². The van der Waals surface area contributed by atoms with Crippen molar-refractivity contribution in [3.63, 3.8) is 0 Å². The Morgan fingerprint density at radius 2 is 1.46 bits per heavy atom. The molecule has 0 spiro atoms. The Bertz CT molecular complexity index is 1740. The van der Waals surface area contributed by atoms with Crippen LogP contribution < -0.4 is 9.62 Å². The number of aryl methyl sites for hydroxylation is 1. The van der Waals surface area contributed by atoms with E-state index in [1.807, 2.05) is 61.5 Å². The molecule has 2 amide bonds. The number of carbonyl (C=O) groups excluding carboxylic acids is 2. The summed E-state index contributed by atoms with van der Waals surface area (Å²) in [7, 11) is -4.20. The van der Waals surface area contributed by atoms with Crippen LogP contribution in [0.4, 0.5) is 5.69 Å². The number of carbonyl (C=O) groups is 2. The summed E-state index contributed by atoms with van der Waals surface area (Å²) in [4.78, 5) is 30.4. The van der Waals surface area contributed by atoms with Crippen molar-refractivity contribution in [3.8, 4) is 0 Å². The first-order valence-electron chi connectivity index (χ1n) is 15.7. The van der Waals surface area contributed by atoms with Crippen molar-refractivity contribution in [2.75, 3.05) is 10.8 Å². The molecule has 240 valence electrons. The minimum absolute atomic E-state index is 0.0474. The number of nitrogens with zero attached hydrogens (tertiary/aromatic N) is 2. The number of amides is 2. The van der Waals surface area contributed by atoms with E-state index in [0.717, 1.165) is 46.7 Å². The van der Waals surface area contributed by atoms with Gasteiger partial charge in [-0.15, -0.1) is 0 Å². The first-order chi connectivity index (χ1) is 22.1. The summed E-state index contributed by atoms with van der Waals surface area (Å²) in [5, 5.41) is 3.59. The molecule has 46 heavy (non-hydrogen) atoms. The molecule has 1 unspecified atom stereocenters. The Balaban J connectivity index is 1.58. The molecule has 0 radical (unpaired) electrons. The number of nitrogens with one attached hydrogen (secondary N) is 1. The molecule has 1 N–H and O–H groups in total. The Labute approximate surface area is 277 Å². The van der Waals surface area contributed by atoms with E-state index >= 15 is 0 Å². The van der Waals surface area contributed by atoms with Crippen molar-refractivity contribution >= 4 is 39.1 Å². The van der Waals surface area contributed by atoms with E-state index in [4.69, 9.17) is 11.6 Å². The lowest BCUT2D eigenvalue weighted by atomic mass is 10.0. The zero-order chi connectivity index (χ0) is 32.7. The SMILES string of the molecule is Cc1ccc(CN(C(=O)CN(c2cccc(Cl)c2C)S(=O)(=O)c2ccccc2)C(Cc2ccccc2)C(=O)NC2CCCC2)cc1. The number of halogens is 1. The minimum Gasteiger partial charge on any atom is -0.352 e. The lowest BCUT2D eigenvalue weighted by molar-refractivity contribution is -0.140. The van der Waals surface area contributed by atoms with Crippen LogP contribution in [0.15, 0.2) is 108 Å². The molecule has 1 atom stereocenters. The van der Waals surface area contributed by atoms with Gasteiger partial charge in [-0.25, -0.2) is 8.42 Å². The van der Waals surface area contributed by atoms with Crippen molar-refractivity contribution in [1.29, 1.82) is 0 Å². The van der Waals surface area contributed by atoms with Crippen molar-refractivity contribution in [3.05, 3.63) is 130 Å². The van der Waals surface area contributed by atoms with Crippen molar-refractivity contribution in [1.82, 2.24) is 10.2 Å². The first kappa shape index (κ1) is 33.2. The fraction of sp³-hybridized carbons (Fsp3) is 0.297. The second kappa shape index (κ2) is 15.0. The van der Waals surface area contributed by atoms with Gasteiger partial charge in [0.15, 0.2) is 0 Å². The van der Waals surface area contributed by atoms with E-state index in [0.29, 0.717) is 16.3 Å². The average molecular weight is 658 g/mol. The molecule has 4 aromatic carbocycles. The molecule has 1 fully saturated rings. The highest BCUT2D eigenvalue weighted by atomic mass is 35.5. The zero-order valence-electron chi connectivity index (χ0n) is 26.2. The molecule has 1 aliphatic carbocycles. The molecule has 7 nitrogen and oxygen atoms in total. The quantitative estimate of drug-likeness (QED) is 0.181. The molecular formula is C37H40ClN3O4S. The molecular weight excluding hydrogens is 618 g/mol. The Kier molecular flexibility index (Phi) is 10.8. The van der Waals surface area contributed by atoms with Gasteiger partial charge in [0, 0.05) is 24.0 Å². The van der Waals surface area contributed by atoms with Crippen LogP contribution in [0.5, 0.6) is 0 Å². The number of rotatable bonds is 12.